The highest BCUT2D eigenvalue weighted by molar-refractivity contribution is 5.99. The van der Waals surface area contributed by atoms with E-state index < -0.39 is 0 Å². The van der Waals surface area contributed by atoms with Gasteiger partial charge in [0.15, 0.2) is 0 Å². The first-order valence-electron chi connectivity index (χ1n) is 7.25. The van der Waals surface area contributed by atoms with E-state index in [0.717, 1.165) is 24.5 Å². The molecular formula is C17H19N3O. The highest BCUT2D eigenvalue weighted by Crippen LogP contribution is 2.23. The maximum Gasteiger partial charge on any atom is 0.323 e. The number of carbonyl (C=O) groups is 1. The number of urea groups is 1. The number of anilines is 2. The van der Waals surface area contributed by atoms with E-state index in [9.17, 15) is 4.79 Å². The van der Waals surface area contributed by atoms with Crippen LogP contribution in [0.5, 0.6) is 0 Å². The molecule has 1 aliphatic rings. The molecule has 0 spiro atoms. The van der Waals surface area contributed by atoms with E-state index in [1.165, 1.54) is 12.0 Å². The van der Waals surface area contributed by atoms with Crippen LogP contribution in [0.15, 0.2) is 54.6 Å². The third-order valence-electron chi connectivity index (χ3n) is 3.73. The molecule has 2 amide bonds. The van der Waals surface area contributed by atoms with Gasteiger partial charge in [-0.25, -0.2) is 4.79 Å². The molecule has 2 aromatic carbocycles. The lowest BCUT2D eigenvalue weighted by atomic mass is 9.98. The quantitative estimate of drug-likeness (QED) is 0.807. The number of hydrogen-bond donors (Lipinski definition) is 3. The molecular weight excluding hydrogens is 262 g/mol. The molecule has 4 nitrogen and oxygen atoms in total. The number of amides is 2. The molecule has 1 heterocycles. The van der Waals surface area contributed by atoms with Crippen LogP contribution >= 0.6 is 0 Å². The maximum absolute atomic E-state index is 11.9. The van der Waals surface area contributed by atoms with Gasteiger partial charge < -0.3 is 16.0 Å². The molecule has 3 N–H and O–H groups in total. The van der Waals surface area contributed by atoms with Crippen molar-refractivity contribution < 1.29 is 4.79 Å². The molecule has 0 aromatic heterocycles. The van der Waals surface area contributed by atoms with Crippen molar-refractivity contribution in [2.45, 2.75) is 12.3 Å². The van der Waals surface area contributed by atoms with Gasteiger partial charge >= 0.3 is 6.03 Å². The fraction of sp³-hybridized carbons (Fsp3) is 0.235. The number of benzene rings is 2. The van der Waals surface area contributed by atoms with E-state index in [2.05, 4.69) is 28.1 Å². The second-order valence-electron chi connectivity index (χ2n) is 5.26. The summed E-state index contributed by atoms with van der Waals surface area (Å²) >= 11 is 0. The molecule has 1 saturated heterocycles. The first kappa shape index (κ1) is 13.6. The van der Waals surface area contributed by atoms with Crippen molar-refractivity contribution in [3.8, 4) is 0 Å². The summed E-state index contributed by atoms with van der Waals surface area (Å²) in [5.41, 5.74) is 2.91. The Labute approximate surface area is 124 Å². The number of hydrogen-bond acceptors (Lipinski definition) is 2. The third kappa shape index (κ3) is 3.61. The molecule has 1 aliphatic heterocycles. The summed E-state index contributed by atoms with van der Waals surface area (Å²) in [4.78, 5) is 11.9. The van der Waals surface area contributed by atoms with Gasteiger partial charge in [-0.1, -0.05) is 30.3 Å². The average molecular weight is 281 g/mol. The summed E-state index contributed by atoms with van der Waals surface area (Å²) in [6.07, 6.45) is 1.18. The summed E-state index contributed by atoms with van der Waals surface area (Å²) < 4.78 is 0. The standard InChI is InChI=1S/C17H19N3O/c21-17(19-15-4-2-1-3-5-15)20-16-8-6-13(7-9-16)14-10-11-18-12-14/h1-9,14,18H,10-12H2,(H2,19,20,21)/t14-/m0/s1. The zero-order chi connectivity index (χ0) is 14.5. The van der Waals surface area contributed by atoms with E-state index >= 15 is 0 Å². The largest absolute Gasteiger partial charge is 0.323 e. The molecule has 1 fully saturated rings. The molecule has 3 rings (SSSR count). The van der Waals surface area contributed by atoms with Crippen LogP contribution in [0.3, 0.4) is 0 Å². The van der Waals surface area contributed by atoms with E-state index in [4.69, 9.17) is 0 Å². The van der Waals surface area contributed by atoms with Crippen molar-refractivity contribution in [3.63, 3.8) is 0 Å². The lowest BCUT2D eigenvalue weighted by Crippen LogP contribution is -2.19. The van der Waals surface area contributed by atoms with Crippen LogP contribution in [-0.4, -0.2) is 19.1 Å². The van der Waals surface area contributed by atoms with Gasteiger partial charge in [0.2, 0.25) is 0 Å². The van der Waals surface area contributed by atoms with Crippen molar-refractivity contribution in [2.75, 3.05) is 23.7 Å². The van der Waals surface area contributed by atoms with Crippen LogP contribution in [0.2, 0.25) is 0 Å². The summed E-state index contributed by atoms with van der Waals surface area (Å²) in [7, 11) is 0. The molecule has 0 aliphatic carbocycles. The normalized spacial score (nSPS) is 17.4. The van der Waals surface area contributed by atoms with Gasteiger partial charge in [-0.05, 0) is 48.7 Å². The van der Waals surface area contributed by atoms with Crippen LogP contribution in [0.1, 0.15) is 17.9 Å². The fourth-order valence-electron chi connectivity index (χ4n) is 2.59. The molecule has 0 bridgehead atoms. The predicted molar refractivity (Wildman–Crippen MR) is 85.8 cm³/mol. The van der Waals surface area contributed by atoms with Gasteiger partial charge in [-0.2, -0.15) is 0 Å². The molecule has 0 radical (unpaired) electrons. The highest BCUT2D eigenvalue weighted by atomic mass is 16.2. The van der Waals surface area contributed by atoms with E-state index in [0.29, 0.717) is 5.92 Å². The minimum atomic E-state index is -0.225. The Balaban J connectivity index is 1.58. The molecule has 2 aromatic rings. The van der Waals surface area contributed by atoms with Gasteiger partial charge in [0.1, 0.15) is 0 Å². The van der Waals surface area contributed by atoms with Crippen molar-refractivity contribution in [1.82, 2.24) is 5.32 Å². The van der Waals surface area contributed by atoms with E-state index in [-0.39, 0.29) is 6.03 Å². The Bertz CT molecular complexity index is 589. The topological polar surface area (TPSA) is 53.2 Å². The van der Waals surface area contributed by atoms with Crippen molar-refractivity contribution in [1.29, 1.82) is 0 Å². The monoisotopic (exact) mass is 281 g/mol. The molecule has 108 valence electrons. The van der Waals surface area contributed by atoms with Crippen molar-refractivity contribution >= 4 is 17.4 Å². The second-order valence-corrected chi connectivity index (χ2v) is 5.26. The maximum atomic E-state index is 11.9. The first-order valence-corrected chi connectivity index (χ1v) is 7.25. The van der Waals surface area contributed by atoms with E-state index in [1.54, 1.807) is 0 Å². The Morgan fingerprint density at radius 2 is 1.62 bits per heavy atom. The van der Waals surface area contributed by atoms with Crippen LogP contribution in [0, 0.1) is 0 Å². The van der Waals surface area contributed by atoms with Crippen LogP contribution in [0.4, 0.5) is 16.2 Å². The van der Waals surface area contributed by atoms with Crippen molar-refractivity contribution in [2.24, 2.45) is 0 Å². The van der Waals surface area contributed by atoms with Gasteiger partial charge in [0.25, 0.3) is 0 Å². The van der Waals surface area contributed by atoms with Crippen LogP contribution in [-0.2, 0) is 0 Å². The number of carbonyl (C=O) groups excluding carboxylic acids is 1. The van der Waals surface area contributed by atoms with Gasteiger partial charge in [0.05, 0.1) is 0 Å². The average Bonchev–Trinajstić information content (AvgIpc) is 3.03. The SMILES string of the molecule is O=C(Nc1ccccc1)Nc1ccc([C@H]2CCNC2)cc1. The summed E-state index contributed by atoms with van der Waals surface area (Å²) in [6, 6.07) is 17.3. The van der Waals surface area contributed by atoms with E-state index in [1.807, 2.05) is 42.5 Å². The lowest BCUT2D eigenvalue weighted by Gasteiger charge is -2.11. The van der Waals surface area contributed by atoms with Crippen LogP contribution < -0.4 is 16.0 Å². The molecule has 0 saturated carbocycles. The smallest absolute Gasteiger partial charge is 0.316 e. The second kappa shape index (κ2) is 6.41. The molecule has 4 heteroatoms. The minimum Gasteiger partial charge on any atom is -0.316 e. The Morgan fingerprint density at radius 3 is 2.24 bits per heavy atom. The summed E-state index contributed by atoms with van der Waals surface area (Å²) in [5, 5.41) is 9.01. The van der Waals surface area contributed by atoms with Crippen LogP contribution in [0.25, 0.3) is 0 Å². The zero-order valence-electron chi connectivity index (χ0n) is 11.8. The van der Waals surface area contributed by atoms with Gasteiger partial charge in [0, 0.05) is 17.9 Å². The summed E-state index contributed by atoms with van der Waals surface area (Å²) in [5.74, 6) is 0.595. The molecule has 0 unspecified atom stereocenters. The lowest BCUT2D eigenvalue weighted by molar-refractivity contribution is 0.262. The van der Waals surface area contributed by atoms with Crippen molar-refractivity contribution in [3.05, 3.63) is 60.2 Å². The molecule has 21 heavy (non-hydrogen) atoms. The summed E-state index contributed by atoms with van der Waals surface area (Å²) in [6.45, 7) is 2.13. The number of para-hydroxylation sites is 1. The fourth-order valence-corrected chi connectivity index (χ4v) is 2.59. The Morgan fingerprint density at radius 1 is 0.952 bits per heavy atom. The minimum absolute atomic E-state index is 0.225. The highest BCUT2D eigenvalue weighted by Gasteiger charge is 2.16. The Hall–Kier alpha value is -2.33. The third-order valence-corrected chi connectivity index (χ3v) is 3.73. The Kier molecular flexibility index (Phi) is 4.17. The molecule has 1 atom stereocenters. The van der Waals surface area contributed by atoms with Gasteiger partial charge in [-0.15, -0.1) is 0 Å². The zero-order valence-corrected chi connectivity index (χ0v) is 11.8. The number of rotatable bonds is 3. The predicted octanol–water partition coefficient (Wildman–Crippen LogP) is 3.41. The van der Waals surface area contributed by atoms with Gasteiger partial charge in [-0.3, -0.25) is 0 Å². The first-order chi connectivity index (χ1) is 10.3. The number of nitrogens with one attached hydrogen (secondary N) is 3.